The number of thioether (sulfide) groups is 1. The van der Waals surface area contributed by atoms with E-state index in [1.165, 1.54) is 11.8 Å². The monoisotopic (exact) mass is 256 g/mol. The van der Waals surface area contributed by atoms with E-state index in [0.717, 1.165) is 21.9 Å². The summed E-state index contributed by atoms with van der Waals surface area (Å²) >= 11 is 1.27. The Hall–Kier alpha value is -2.06. The molecule has 0 unspecified atom stereocenters. The van der Waals surface area contributed by atoms with Crippen molar-refractivity contribution in [1.82, 2.24) is 4.98 Å². The summed E-state index contributed by atoms with van der Waals surface area (Å²) in [5, 5.41) is 18.4. The Morgan fingerprint density at radius 3 is 3.00 bits per heavy atom. The Morgan fingerprint density at radius 1 is 1.44 bits per heavy atom. The number of benzene rings is 1. The fraction of sp³-hybridized carbons (Fsp3) is 0.154. The molecule has 1 aromatic carbocycles. The number of nitrogens with one attached hydrogen (secondary N) is 1. The average molecular weight is 256 g/mol. The maximum Gasteiger partial charge on any atom is 0.151 e. The van der Waals surface area contributed by atoms with Crippen molar-refractivity contribution in [2.45, 2.75) is 12.2 Å². The van der Waals surface area contributed by atoms with E-state index in [-0.39, 0.29) is 5.17 Å². The van der Waals surface area contributed by atoms with Crippen LogP contribution in [0.1, 0.15) is 11.1 Å². The van der Waals surface area contributed by atoms with Crippen molar-refractivity contribution in [3.8, 4) is 6.07 Å². The third-order valence-electron chi connectivity index (χ3n) is 2.67. The third kappa shape index (κ3) is 2.60. The van der Waals surface area contributed by atoms with E-state index in [1.807, 2.05) is 18.2 Å². The van der Waals surface area contributed by atoms with Gasteiger partial charge < -0.3 is 5.73 Å². The van der Waals surface area contributed by atoms with Gasteiger partial charge in [0.05, 0.1) is 12.5 Å². The lowest BCUT2D eigenvalue weighted by molar-refractivity contribution is 1.22. The summed E-state index contributed by atoms with van der Waals surface area (Å²) in [6.07, 6.45) is 3.87. The first-order valence-electron chi connectivity index (χ1n) is 5.40. The Labute approximate surface area is 109 Å². The van der Waals surface area contributed by atoms with Crippen LogP contribution in [0.3, 0.4) is 0 Å². The molecule has 1 heterocycles. The van der Waals surface area contributed by atoms with Crippen molar-refractivity contribution in [2.24, 2.45) is 5.73 Å². The molecule has 4 nitrogen and oxygen atoms in total. The number of hydrogen-bond acceptors (Lipinski definition) is 4. The highest BCUT2D eigenvalue weighted by Gasteiger charge is 2.08. The van der Waals surface area contributed by atoms with E-state index in [4.69, 9.17) is 16.4 Å². The Balaban J connectivity index is 2.49. The predicted octanol–water partition coefficient (Wildman–Crippen LogP) is 2.43. The van der Waals surface area contributed by atoms with Crippen LogP contribution >= 0.6 is 11.8 Å². The smallest absolute Gasteiger partial charge is 0.151 e. The standard InChI is InChI=1S/C13H12N4S/c14-5-3-11-10(8-18-13(15)16)2-1-9-7-17-6-4-12(9)11/h1-2,4,6-7H,3,8H2,(H3,15,16). The van der Waals surface area contributed by atoms with Crippen molar-refractivity contribution in [1.29, 1.82) is 10.7 Å². The first-order valence-corrected chi connectivity index (χ1v) is 6.39. The van der Waals surface area contributed by atoms with Crippen LogP contribution in [0.25, 0.3) is 10.8 Å². The molecule has 0 fully saturated rings. The molecule has 0 saturated carbocycles. The zero-order valence-electron chi connectivity index (χ0n) is 9.68. The second-order valence-corrected chi connectivity index (χ2v) is 4.81. The topological polar surface area (TPSA) is 86.5 Å². The molecule has 1 aromatic heterocycles. The number of pyridine rings is 1. The number of nitriles is 1. The zero-order chi connectivity index (χ0) is 13.0. The van der Waals surface area contributed by atoms with E-state index in [2.05, 4.69) is 11.1 Å². The molecule has 0 bridgehead atoms. The van der Waals surface area contributed by atoms with E-state index in [9.17, 15) is 0 Å². The molecule has 0 aliphatic rings. The van der Waals surface area contributed by atoms with Crippen molar-refractivity contribution < 1.29 is 0 Å². The van der Waals surface area contributed by atoms with E-state index in [0.29, 0.717) is 12.2 Å². The molecule has 0 spiro atoms. The van der Waals surface area contributed by atoms with E-state index < -0.39 is 0 Å². The highest BCUT2D eigenvalue weighted by atomic mass is 32.2. The number of amidine groups is 1. The Morgan fingerprint density at radius 2 is 2.28 bits per heavy atom. The van der Waals surface area contributed by atoms with Crippen molar-refractivity contribution in [2.75, 3.05) is 0 Å². The highest BCUT2D eigenvalue weighted by molar-refractivity contribution is 8.13. The molecule has 0 saturated heterocycles. The van der Waals surface area contributed by atoms with Crippen LogP contribution in [0, 0.1) is 16.7 Å². The van der Waals surface area contributed by atoms with Crippen LogP contribution < -0.4 is 5.73 Å². The van der Waals surface area contributed by atoms with Gasteiger partial charge in [-0.2, -0.15) is 5.26 Å². The van der Waals surface area contributed by atoms with E-state index >= 15 is 0 Å². The molecule has 0 radical (unpaired) electrons. The lowest BCUT2D eigenvalue weighted by atomic mass is 9.99. The van der Waals surface area contributed by atoms with Gasteiger partial charge in [0.25, 0.3) is 0 Å². The van der Waals surface area contributed by atoms with Gasteiger partial charge in [0.2, 0.25) is 0 Å². The molecule has 2 rings (SSSR count). The number of nitrogens with two attached hydrogens (primary N) is 1. The van der Waals surface area contributed by atoms with Gasteiger partial charge in [0.15, 0.2) is 5.17 Å². The summed E-state index contributed by atoms with van der Waals surface area (Å²) in [7, 11) is 0. The van der Waals surface area contributed by atoms with Crippen molar-refractivity contribution in [3.63, 3.8) is 0 Å². The van der Waals surface area contributed by atoms with Gasteiger partial charge in [-0.25, -0.2) is 0 Å². The lowest BCUT2D eigenvalue weighted by Gasteiger charge is -2.09. The van der Waals surface area contributed by atoms with Crippen LogP contribution in [0.4, 0.5) is 0 Å². The normalized spacial score (nSPS) is 10.2. The molecule has 5 heteroatoms. The van der Waals surface area contributed by atoms with E-state index in [1.54, 1.807) is 12.4 Å². The summed E-state index contributed by atoms with van der Waals surface area (Å²) < 4.78 is 0. The molecule has 0 aliphatic carbocycles. The average Bonchev–Trinajstić information content (AvgIpc) is 2.38. The third-order valence-corrected chi connectivity index (χ3v) is 3.43. The SMILES string of the molecule is N#CCc1c(CSC(=N)N)ccc2cnccc12. The number of hydrogen-bond donors (Lipinski definition) is 2. The molecule has 2 aromatic rings. The lowest BCUT2D eigenvalue weighted by Crippen LogP contribution is -2.04. The molecular formula is C13H12N4S. The second-order valence-electron chi connectivity index (χ2n) is 3.79. The Bertz CT molecular complexity index is 630. The molecule has 90 valence electrons. The van der Waals surface area contributed by atoms with Gasteiger partial charge >= 0.3 is 0 Å². The quantitative estimate of drug-likeness (QED) is 0.652. The largest absolute Gasteiger partial charge is 0.379 e. The van der Waals surface area contributed by atoms with Crippen LogP contribution in [-0.2, 0) is 12.2 Å². The van der Waals surface area contributed by atoms with Gasteiger partial charge in [-0.1, -0.05) is 23.9 Å². The summed E-state index contributed by atoms with van der Waals surface area (Å²) in [4.78, 5) is 4.08. The van der Waals surface area contributed by atoms with Crippen molar-refractivity contribution in [3.05, 3.63) is 41.7 Å². The molecule has 0 aliphatic heterocycles. The summed E-state index contributed by atoms with van der Waals surface area (Å²) in [6.45, 7) is 0. The molecule has 3 N–H and O–H groups in total. The zero-order valence-corrected chi connectivity index (χ0v) is 10.5. The van der Waals surface area contributed by atoms with Gasteiger partial charge in [0.1, 0.15) is 0 Å². The van der Waals surface area contributed by atoms with Gasteiger partial charge in [-0.3, -0.25) is 10.4 Å². The molecule has 18 heavy (non-hydrogen) atoms. The number of nitrogens with zero attached hydrogens (tertiary/aromatic N) is 2. The number of aromatic nitrogens is 1. The van der Waals surface area contributed by atoms with Crippen LogP contribution in [0.5, 0.6) is 0 Å². The van der Waals surface area contributed by atoms with Gasteiger partial charge in [-0.05, 0) is 22.6 Å². The number of rotatable bonds is 3. The summed E-state index contributed by atoms with van der Waals surface area (Å²) in [5.74, 6) is 0.616. The van der Waals surface area contributed by atoms with Crippen molar-refractivity contribution >= 4 is 27.7 Å². The number of fused-ring (bicyclic) bond motifs is 1. The minimum absolute atomic E-state index is 0.0905. The maximum atomic E-state index is 8.94. The fourth-order valence-electron chi connectivity index (χ4n) is 1.86. The van der Waals surface area contributed by atoms with Gasteiger partial charge in [-0.15, -0.1) is 0 Å². The second kappa shape index (κ2) is 5.52. The van der Waals surface area contributed by atoms with Gasteiger partial charge in [0, 0.05) is 23.5 Å². The summed E-state index contributed by atoms with van der Waals surface area (Å²) in [6, 6.07) is 8.07. The molecular weight excluding hydrogens is 244 g/mol. The van der Waals surface area contributed by atoms with Crippen LogP contribution in [0.2, 0.25) is 0 Å². The first-order chi connectivity index (χ1) is 8.72. The highest BCUT2D eigenvalue weighted by Crippen LogP contribution is 2.25. The Kier molecular flexibility index (Phi) is 3.80. The van der Waals surface area contributed by atoms with Crippen LogP contribution in [-0.4, -0.2) is 10.2 Å². The first kappa shape index (κ1) is 12.4. The molecule has 0 atom stereocenters. The predicted molar refractivity (Wildman–Crippen MR) is 74.3 cm³/mol. The maximum absolute atomic E-state index is 8.94. The minimum Gasteiger partial charge on any atom is -0.379 e. The van der Waals surface area contributed by atoms with Crippen LogP contribution in [0.15, 0.2) is 30.6 Å². The molecule has 0 amide bonds. The minimum atomic E-state index is 0.0905. The fourth-order valence-corrected chi connectivity index (χ4v) is 2.44. The summed E-state index contributed by atoms with van der Waals surface area (Å²) in [5.41, 5.74) is 7.41.